The highest BCUT2D eigenvalue weighted by Crippen LogP contribution is 2.39. The summed E-state index contributed by atoms with van der Waals surface area (Å²) in [6.45, 7) is 1.89. The van der Waals surface area contributed by atoms with E-state index in [-0.39, 0.29) is 12.7 Å². The van der Waals surface area contributed by atoms with E-state index in [1.54, 1.807) is 12.1 Å². The topological polar surface area (TPSA) is 59.6 Å². The summed E-state index contributed by atoms with van der Waals surface area (Å²) in [5.41, 5.74) is 0.578. The molecule has 2 heterocycles. The number of fused-ring (bicyclic) bond motifs is 1. The van der Waals surface area contributed by atoms with Crippen molar-refractivity contribution in [1.29, 1.82) is 0 Å². The maximum Gasteiger partial charge on any atom is 0.251 e. The van der Waals surface area contributed by atoms with Gasteiger partial charge in [-0.05, 0) is 47.4 Å². The zero-order valence-corrected chi connectivity index (χ0v) is 12.0. The molecule has 0 aromatic heterocycles. The van der Waals surface area contributed by atoms with Crippen molar-refractivity contribution in [1.82, 2.24) is 10.6 Å². The smallest absolute Gasteiger partial charge is 0.251 e. The predicted octanol–water partition coefficient (Wildman–Crippen LogP) is 1.66. The van der Waals surface area contributed by atoms with E-state index in [2.05, 4.69) is 26.6 Å². The molecule has 102 valence electrons. The van der Waals surface area contributed by atoms with E-state index in [1.165, 1.54) is 6.42 Å². The zero-order valence-electron chi connectivity index (χ0n) is 10.4. The summed E-state index contributed by atoms with van der Waals surface area (Å²) in [7, 11) is 0. The van der Waals surface area contributed by atoms with Gasteiger partial charge in [0.25, 0.3) is 5.91 Å². The zero-order chi connectivity index (χ0) is 13.2. The monoisotopic (exact) mass is 326 g/mol. The third-order valence-corrected chi connectivity index (χ3v) is 3.95. The van der Waals surface area contributed by atoms with Gasteiger partial charge in [-0.25, -0.2) is 0 Å². The molecule has 6 heteroatoms. The van der Waals surface area contributed by atoms with Crippen LogP contribution < -0.4 is 20.1 Å². The molecule has 1 aromatic carbocycles. The number of hydrogen-bond acceptors (Lipinski definition) is 4. The molecule has 2 aliphatic heterocycles. The first-order valence-corrected chi connectivity index (χ1v) is 7.14. The molecular weight excluding hydrogens is 312 g/mol. The van der Waals surface area contributed by atoms with E-state index in [1.807, 2.05) is 0 Å². The van der Waals surface area contributed by atoms with Crippen LogP contribution in [0.2, 0.25) is 0 Å². The average Bonchev–Trinajstić information content (AvgIpc) is 3.06. The Morgan fingerprint density at radius 1 is 1.47 bits per heavy atom. The van der Waals surface area contributed by atoms with Gasteiger partial charge in [0.2, 0.25) is 6.79 Å². The van der Waals surface area contributed by atoms with E-state index in [0.717, 1.165) is 17.4 Å². The molecule has 5 nitrogen and oxygen atoms in total. The Morgan fingerprint density at radius 2 is 2.37 bits per heavy atom. The van der Waals surface area contributed by atoms with Crippen molar-refractivity contribution in [2.45, 2.75) is 18.9 Å². The number of hydrogen-bond donors (Lipinski definition) is 2. The van der Waals surface area contributed by atoms with E-state index in [4.69, 9.17) is 9.47 Å². The van der Waals surface area contributed by atoms with Gasteiger partial charge >= 0.3 is 0 Å². The summed E-state index contributed by atoms with van der Waals surface area (Å²) in [5.74, 6) is 1.18. The minimum absolute atomic E-state index is 0.0901. The van der Waals surface area contributed by atoms with Crippen LogP contribution in [0.4, 0.5) is 0 Å². The molecule has 1 atom stereocenters. The molecule has 0 aliphatic carbocycles. The van der Waals surface area contributed by atoms with Gasteiger partial charge in [-0.2, -0.15) is 0 Å². The summed E-state index contributed by atoms with van der Waals surface area (Å²) in [5, 5.41) is 6.29. The Kier molecular flexibility index (Phi) is 3.61. The first-order chi connectivity index (χ1) is 9.24. The molecule has 0 spiro atoms. The predicted molar refractivity (Wildman–Crippen MR) is 73.6 cm³/mol. The molecule has 2 N–H and O–H groups in total. The lowest BCUT2D eigenvalue weighted by atomic mass is 10.1. The van der Waals surface area contributed by atoms with Crippen molar-refractivity contribution in [3.8, 4) is 11.5 Å². The third kappa shape index (κ3) is 2.69. The van der Waals surface area contributed by atoms with Crippen molar-refractivity contribution >= 4 is 21.8 Å². The lowest BCUT2D eigenvalue weighted by Crippen LogP contribution is -2.37. The molecular formula is C13H15BrN2O3. The minimum Gasteiger partial charge on any atom is -0.454 e. The summed E-state index contributed by atoms with van der Waals surface area (Å²) in [6.07, 6.45) is 2.29. The molecule has 1 amide bonds. The normalized spacial score (nSPS) is 20.6. The Morgan fingerprint density at radius 3 is 3.16 bits per heavy atom. The first-order valence-electron chi connectivity index (χ1n) is 6.35. The maximum atomic E-state index is 12.1. The van der Waals surface area contributed by atoms with Gasteiger partial charge in [0, 0.05) is 18.2 Å². The second kappa shape index (κ2) is 5.38. The summed E-state index contributed by atoms with van der Waals surface area (Å²) < 4.78 is 11.3. The van der Waals surface area contributed by atoms with Gasteiger partial charge in [-0.15, -0.1) is 0 Å². The fourth-order valence-electron chi connectivity index (χ4n) is 2.35. The standard InChI is InChI=1S/C13H15BrN2O3/c14-10-4-8(5-11-12(10)19-7-18-11)13(17)16-6-9-2-1-3-15-9/h4-5,9,15H,1-3,6-7H2,(H,16,17). The number of carbonyl (C=O) groups excluding carboxylic acids is 1. The van der Waals surface area contributed by atoms with Gasteiger partial charge < -0.3 is 20.1 Å². The van der Waals surface area contributed by atoms with Gasteiger partial charge in [-0.1, -0.05) is 0 Å². The molecule has 0 radical (unpaired) electrons. The molecule has 0 bridgehead atoms. The Bertz CT molecular complexity index is 501. The first kappa shape index (κ1) is 12.7. The van der Waals surface area contributed by atoms with Gasteiger partial charge in [-0.3, -0.25) is 4.79 Å². The maximum absolute atomic E-state index is 12.1. The number of carbonyl (C=O) groups is 1. The number of benzene rings is 1. The summed E-state index contributed by atoms with van der Waals surface area (Å²) in [6, 6.07) is 3.86. The van der Waals surface area contributed by atoms with Gasteiger partial charge in [0.1, 0.15) is 0 Å². The van der Waals surface area contributed by atoms with Gasteiger partial charge in [0.15, 0.2) is 11.5 Å². The van der Waals surface area contributed by atoms with Crippen molar-refractivity contribution in [3.63, 3.8) is 0 Å². The highest BCUT2D eigenvalue weighted by Gasteiger charge is 2.21. The quantitative estimate of drug-likeness (QED) is 0.886. The Hall–Kier alpha value is -1.27. The molecule has 1 aromatic rings. The van der Waals surface area contributed by atoms with E-state index < -0.39 is 0 Å². The van der Waals surface area contributed by atoms with Crippen LogP contribution in [0.1, 0.15) is 23.2 Å². The van der Waals surface area contributed by atoms with Gasteiger partial charge in [0.05, 0.1) is 4.47 Å². The molecule has 1 saturated heterocycles. The summed E-state index contributed by atoms with van der Waals surface area (Å²) >= 11 is 3.39. The molecule has 19 heavy (non-hydrogen) atoms. The highest BCUT2D eigenvalue weighted by molar-refractivity contribution is 9.10. The fraction of sp³-hybridized carbons (Fsp3) is 0.462. The number of rotatable bonds is 3. The second-order valence-electron chi connectivity index (χ2n) is 4.70. The second-order valence-corrected chi connectivity index (χ2v) is 5.55. The third-order valence-electron chi connectivity index (χ3n) is 3.36. The van der Waals surface area contributed by atoms with Crippen molar-refractivity contribution in [2.24, 2.45) is 0 Å². The lowest BCUT2D eigenvalue weighted by Gasteiger charge is -2.12. The van der Waals surface area contributed by atoms with Crippen molar-refractivity contribution < 1.29 is 14.3 Å². The molecule has 0 saturated carbocycles. The van der Waals surface area contributed by atoms with Crippen molar-refractivity contribution in [2.75, 3.05) is 19.9 Å². The molecule has 3 rings (SSSR count). The van der Waals surface area contributed by atoms with Crippen LogP contribution in [-0.2, 0) is 0 Å². The Balaban J connectivity index is 1.67. The van der Waals surface area contributed by atoms with Crippen LogP contribution in [-0.4, -0.2) is 31.8 Å². The largest absolute Gasteiger partial charge is 0.454 e. The average molecular weight is 327 g/mol. The van der Waals surface area contributed by atoms with Crippen LogP contribution in [0.25, 0.3) is 0 Å². The SMILES string of the molecule is O=C(NCC1CCCN1)c1cc(Br)c2c(c1)OCO2. The van der Waals surface area contributed by atoms with E-state index in [0.29, 0.717) is 29.6 Å². The molecule has 1 fully saturated rings. The van der Waals surface area contributed by atoms with Crippen LogP contribution in [0.5, 0.6) is 11.5 Å². The number of amides is 1. The van der Waals surface area contributed by atoms with Crippen LogP contribution >= 0.6 is 15.9 Å². The van der Waals surface area contributed by atoms with Crippen LogP contribution in [0.15, 0.2) is 16.6 Å². The molecule has 1 unspecified atom stereocenters. The minimum atomic E-state index is -0.0901. The lowest BCUT2D eigenvalue weighted by molar-refractivity contribution is 0.0950. The fourth-order valence-corrected chi connectivity index (χ4v) is 2.90. The highest BCUT2D eigenvalue weighted by atomic mass is 79.9. The molecule has 2 aliphatic rings. The van der Waals surface area contributed by atoms with Crippen LogP contribution in [0, 0.1) is 0 Å². The number of halogens is 1. The van der Waals surface area contributed by atoms with Crippen molar-refractivity contribution in [3.05, 3.63) is 22.2 Å². The van der Waals surface area contributed by atoms with Crippen LogP contribution in [0.3, 0.4) is 0 Å². The summed E-state index contributed by atoms with van der Waals surface area (Å²) in [4.78, 5) is 12.1. The number of nitrogens with one attached hydrogen (secondary N) is 2. The number of ether oxygens (including phenoxy) is 2. The Labute approximate surface area is 119 Å². The van der Waals surface area contributed by atoms with E-state index >= 15 is 0 Å². The van der Waals surface area contributed by atoms with E-state index in [9.17, 15) is 4.79 Å².